The standard InChI is InChI=1S/C19H25NO6S/c1-12-4-5-17(13(2)10-12)27(23,24)20-8-6-15(7-9-20)18(21)26-16-11-14(3)25-19(16)22/h4-5,10,14-16H,6-9,11H2,1-3H3. The van der Waals surface area contributed by atoms with Crippen molar-refractivity contribution in [1.82, 2.24) is 4.31 Å². The van der Waals surface area contributed by atoms with Crippen LogP contribution in [-0.4, -0.2) is 50.0 Å². The van der Waals surface area contributed by atoms with Gasteiger partial charge in [0, 0.05) is 19.5 Å². The summed E-state index contributed by atoms with van der Waals surface area (Å²) in [5.41, 5.74) is 1.72. The normalized spacial score (nSPS) is 24.6. The van der Waals surface area contributed by atoms with Crippen LogP contribution in [0.4, 0.5) is 0 Å². The lowest BCUT2D eigenvalue weighted by molar-refractivity contribution is -0.164. The number of cyclic esters (lactones) is 1. The molecule has 0 saturated carbocycles. The van der Waals surface area contributed by atoms with E-state index >= 15 is 0 Å². The van der Waals surface area contributed by atoms with Gasteiger partial charge in [0.2, 0.25) is 16.1 Å². The van der Waals surface area contributed by atoms with Gasteiger partial charge in [0.05, 0.1) is 10.8 Å². The van der Waals surface area contributed by atoms with Crippen molar-refractivity contribution in [2.45, 2.75) is 57.1 Å². The molecule has 2 atom stereocenters. The number of sulfonamides is 1. The van der Waals surface area contributed by atoms with E-state index in [4.69, 9.17) is 9.47 Å². The molecule has 1 aromatic carbocycles. The van der Waals surface area contributed by atoms with E-state index in [9.17, 15) is 18.0 Å². The highest BCUT2D eigenvalue weighted by Gasteiger charge is 2.38. The second-order valence-corrected chi connectivity index (χ2v) is 9.26. The number of aryl methyl sites for hydroxylation is 2. The summed E-state index contributed by atoms with van der Waals surface area (Å²) in [6, 6.07) is 5.26. The third-order valence-electron chi connectivity index (χ3n) is 5.12. The first-order valence-electron chi connectivity index (χ1n) is 9.17. The highest BCUT2D eigenvalue weighted by molar-refractivity contribution is 7.89. The van der Waals surface area contributed by atoms with Crippen molar-refractivity contribution in [2.24, 2.45) is 5.92 Å². The van der Waals surface area contributed by atoms with Crippen LogP contribution >= 0.6 is 0 Å². The Balaban J connectivity index is 1.61. The number of carbonyl (C=O) groups is 2. The topological polar surface area (TPSA) is 90.0 Å². The number of piperidine rings is 1. The van der Waals surface area contributed by atoms with Crippen molar-refractivity contribution in [3.63, 3.8) is 0 Å². The predicted octanol–water partition coefficient (Wildman–Crippen LogP) is 1.95. The summed E-state index contributed by atoms with van der Waals surface area (Å²) in [6.45, 7) is 5.96. The van der Waals surface area contributed by atoms with Crippen LogP contribution in [0.15, 0.2) is 23.1 Å². The van der Waals surface area contributed by atoms with Gasteiger partial charge in [0.1, 0.15) is 6.10 Å². The lowest BCUT2D eigenvalue weighted by Crippen LogP contribution is -2.41. The lowest BCUT2D eigenvalue weighted by atomic mass is 9.98. The number of ether oxygens (including phenoxy) is 2. The molecular formula is C19H25NO6S. The van der Waals surface area contributed by atoms with Crippen LogP contribution in [0.3, 0.4) is 0 Å². The molecule has 3 rings (SSSR count). The van der Waals surface area contributed by atoms with Gasteiger partial charge in [0.15, 0.2) is 0 Å². The zero-order chi connectivity index (χ0) is 19.8. The molecule has 2 saturated heterocycles. The number of esters is 2. The number of benzene rings is 1. The summed E-state index contributed by atoms with van der Waals surface area (Å²) in [5.74, 6) is -1.36. The molecule has 0 aliphatic carbocycles. The van der Waals surface area contributed by atoms with Crippen molar-refractivity contribution >= 4 is 22.0 Å². The van der Waals surface area contributed by atoms with E-state index in [1.54, 1.807) is 26.0 Å². The summed E-state index contributed by atoms with van der Waals surface area (Å²) < 4.78 is 37.5. The maximum Gasteiger partial charge on any atom is 0.347 e. The van der Waals surface area contributed by atoms with E-state index in [0.29, 0.717) is 29.7 Å². The predicted molar refractivity (Wildman–Crippen MR) is 97.4 cm³/mol. The molecule has 1 aromatic rings. The number of nitrogens with zero attached hydrogens (tertiary/aromatic N) is 1. The number of hydrogen-bond acceptors (Lipinski definition) is 6. The zero-order valence-electron chi connectivity index (χ0n) is 15.8. The van der Waals surface area contributed by atoms with Gasteiger partial charge >= 0.3 is 11.9 Å². The Morgan fingerprint density at radius 2 is 1.89 bits per heavy atom. The smallest absolute Gasteiger partial charge is 0.347 e. The second-order valence-electron chi connectivity index (χ2n) is 7.36. The number of rotatable bonds is 4. The van der Waals surface area contributed by atoms with Gasteiger partial charge in [-0.15, -0.1) is 0 Å². The third-order valence-corrected chi connectivity index (χ3v) is 7.18. The summed E-state index contributed by atoms with van der Waals surface area (Å²) in [6.07, 6.45) is 0.0231. The molecule has 2 aliphatic heterocycles. The Labute approximate surface area is 159 Å². The van der Waals surface area contributed by atoms with Gasteiger partial charge in [-0.2, -0.15) is 4.31 Å². The van der Waals surface area contributed by atoms with Crippen molar-refractivity contribution in [1.29, 1.82) is 0 Å². The van der Waals surface area contributed by atoms with Crippen LogP contribution in [0.1, 0.15) is 37.3 Å². The lowest BCUT2D eigenvalue weighted by Gasteiger charge is -2.30. The highest BCUT2D eigenvalue weighted by atomic mass is 32.2. The Hall–Kier alpha value is -1.93. The number of carbonyl (C=O) groups excluding carboxylic acids is 2. The maximum absolute atomic E-state index is 12.9. The van der Waals surface area contributed by atoms with E-state index in [-0.39, 0.29) is 19.2 Å². The molecule has 7 nitrogen and oxygen atoms in total. The third kappa shape index (κ3) is 4.16. The Morgan fingerprint density at radius 1 is 1.22 bits per heavy atom. The van der Waals surface area contributed by atoms with Crippen molar-refractivity contribution in [3.05, 3.63) is 29.3 Å². The van der Waals surface area contributed by atoms with Crippen LogP contribution in [0.25, 0.3) is 0 Å². The van der Waals surface area contributed by atoms with E-state index in [2.05, 4.69) is 0 Å². The largest absolute Gasteiger partial charge is 0.460 e. The minimum Gasteiger partial charge on any atom is -0.460 e. The first-order chi connectivity index (χ1) is 12.7. The average molecular weight is 395 g/mol. The molecule has 0 radical (unpaired) electrons. The second kappa shape index (κ2) is 7.59. The summed E-state index contributed by atoms with van der Waals surface area (Å²) in [5, 5.41) is 0. The SMILES string of the molecule is Cc1ccc(S(=O)(=O)N2CCC(C(=O)OC3CC(C)OC3=O)CC2)c(C)c1. The van der Waals surface area contributed by atoms with Gasteiger partial charge in [0.25, 0.3) is 0 Å². The molecule has 0 bridgehead atoms. The van der Waals surface area contributed by atoms with Gasteiger partial charge in [-0.05, 0) is 45.2 Å². The molecule has 0 spiro atoms. The van der Waals surface area contributed by atoms with Crippen LogP contribution in [0.5, 0.6) is 0 Å². The molecule has 2 aliphatic rings. The minimum atomic E-state index is -3.59. The van der Waals surface area contributed by atoms with Gasteiger partial charge in [-0.1, -0.05) is 17.7 Å². The minimum absolute atomic E-state index is 0.250. The molecule has 8 heteroatoms. The molecule has 2 unspecified atom stereocenters. The van der Waals surface area contributed by atoms with E-state index < -0.39 is 34.0 Å². The summed E-state index contributed by atoms with van der Waals surface area (Å²) in [7, 11) is -3.59. The van der Waals surface area contributed by atoms with Gasteiger partial charge in [-0.3, -0.25) is 4.79 Å². The molecule has 0 N–H and O–H groups in total. The van der Waals surface area contributed by atoms with Crippen molar-refractivity contribution < 1.29 is 27.5 Å². The van der Waals surface area contributed by atoms with Crippen molar-refractivity contribution in [2.75, 3.05) is 13.1 Å². The molecule has 148 valence electrons. The summed E-state index contributed by atoms with van der Waals surface area (Å²) in [4.78, 5) is 24.2. The van der Waals surface area contributed by atoms with E-state index in [1.807, 2.05) is 13.0 Å². The van der Waals surface area contributed by atoms with Crippen LogP contribution < -0.4 is 0 Å². The van der Waals surface area contributed by atoms with Crippen molar-refractivity contribution in [3.8, 4) is 0 Å². The molecule has 0 aromatic heterocycles. The quantitative estimate of drug-likeness (QED) is 0.724. The van der Waals surface area contributed by atoms with Crippen LogP contribution in [0.2, 0.25) is 0 Å². The first kappa shape index (κ1) is 19.8. The Morgan fingerprint density at radius 3 is 2.44 bits per heavy atom. The molecule has 27 heavy (non-hydrogen) atoms. The molecule has 0 amide bonds. The van der Waals surface area contributed by atoms with Gasteiger partial charge < -0.3 is 9.47 Å². The maximum atomic E-state index is 12.9. The molecule has 2 fully saturated rings. The number of hydrogen-bond donors (Lipinski definition) is 0. The van der Waals surface area contributed by atoms with E-state index in [0.717, 1.165) is 5.56 Å². The average Bonchev–Trinajstić information content (AvgIpc) is 2.91. The Kier molecular flexibility index (Phi) is 5.58. The first-order valence-corrected chi connectivity index (χ1v) is 10.6. The molecular weight excluding hydrogens is 370 g/mol. The Bertz CT molecular complexity index is 842. The molecule has 2 heterocycles. The van der Waals surface area contributed by atoms with Crippen LogP contribution in [0, 0.1) is 19.8 Å². The van der Waals surface area contributed by atoms with Crippen LogP contribution in [-0.2, 0) is 29.1 Å². The highest BCUT2D eigenvalue weighted by Crippen LogP contribution is 2.28. The summed E-state index contributed by atoms with van der Waals surface area (Å²) >= 11 is 0. The fraction of sp³-hybridized carbons (Fsp3) is 0.579. The zero-order valence-corrected chi connectivity index (χ0v) is 16.6. The fourth-order valence-corrected chi connectivity index (χ4v) is 5.29. The van der Waals surface area contributed by atoms with E-state index in [1.165, 1.54) is 4.31 Å². The fourth-order valence-electron chi connectivity index (χ4n) is 3.61. The monoisotopic (exact) mass is 395 g/mol. The van der Waals surface area contributed by atoms with Gasteiger partial charge in [-0.25, -0.2) is 13.2 Å².